The number of rotatable bonds is 6. The monoisotopic (exact) mass is 471 g/mol. The first-order valence-corrected chi connectivity index (χ1v) is 10.3. The lowest BCUT2D eigenvalue weighted by atomic mass is 10.0. The maximum Gasteiger partial charge on any atom is 0.225 e. The largest absolute Gasteiger partial charge is 0.497 e. The predicted octanol–water partition coefficient (Wildman–Crippen LogP) is 3.41. The van der Waals surface area contributed by atoms with Crippen LogP contribution in [0.25, 0.3) is 0 Å². The highest BCUT2D eigenvalue weighted by atomic mass is 79.9. The second-order valence-corrected chi connectivity index (χ2v) is 7.79. The molecule has 3 aromatic rings. The Kier molecular flexibility index (Phi) is 5.94. The molecule has 0 saturated carbocycles. The summed E-state index contributed by atoms with van der Waals surface area (Å²) >= 11 is 3.54. The fourth-order valence-corrected chi connectivity index (χ4v) is 3.84. The second kappa shape index (κ2) is 8.79. The lowest BCUT2D eigenvalue weighted by molar-refractivity contribution is -0.121. The van der Waals surface area contributed by atoms with E-state index in [1.165, 1.54) is 0 Å². The molecule has 30 heavy (non-hydrogen) atoms. The third-order valence-corrected chi connectivity index (χ3v) is 5.67. The van der Waals surface area contributed by atoms with Gasteiger partial charge in [0.15, 0.2) is 11.5 Å². The first kappa shape index (κ1) is 20.3. The van der Waals surface area contributed by atoms with Crippen LogP contribution in [0.1, 0.15) is 23.0 Å². The van der Waals surface area contributed by atoms with E-state index >= 15 is 0 Å². The van der Waals surface area contributed by atoms with Gasteiger partial charge in [-0.3, -0.25) is 4.79 Å². The molecule has 8 heteroatoms. The molecule has 0 saturated heterocycles. The number of hydrogen-bond acceptors (Lipinski definition) is 5. The molecule has 1 amide bonds. The van der Waals surface area contributed by atoms with E-state index in [-0.39, 0.29) is 18.4 Å². The molecule has 0 spiro atoms. The Morgan fingerprint density at radius 3 is 2.57 bits per heavy atom. The van der Waals surface area contributed by atoms with Gasteiger partial charge >= 0.3 is 0 Å². The highest BCUT2D eigenvalue weighted by Gasteiger charge is 2.22. The van der Waals surface area contributed by atoms with Crippen molar-refractivity contribution in [3.63, 3.8) is 0 Å². The summed E-state index contributed by atoms with van der Waals surface area (Å²) < 4.78 is 19.2. The van der Waals surface area contributed by atoms with Gasteiger partial charge in [-0.05, 0) is 35.4 Å². The normalized spacial score (nSPS) is 13.6. The molecular formula is C22H22BrN3O4. The maximum absolute atomic E-state index is 13.0. The third kappa shape index (κ3) is 4.28. The summed E-state index contributed by atoms with van der Waals surface area (Å²) in [4.78, 5) is 17.4. The number of halogens is 1. The van der Waals surface area contributed by atoms with Gasteiger partial charge in [0.2, 0.25) is 5.91 Å². The van der Waals surface area contributed by atoms with Gasteiger partial charge in [0.05, 0.1) is 13.5 Å². The van der Waals surface area contributed by atoms with Crippen molar-refractivity contribution in [3.8, 4) is 17.2 Å². The molecule has 0 aliphatic carbocycles. The van der Waals surface area contributed by atoms with Gasteiger partial charge in [0.25, 0.3) is 0 Å². The Hall–Kier alpha value is -3.00. The Balaban J connectivity index is 1.57. The molecule has 1 atom stereocenters. The van der Waals surface area contributed by atoms with Gasteiger partial charge in [0, 0.05) is 23.9 Å². The molecule has 4 rings (SSSR count). The third-order valence-electron chi connectivity index (χ3n) is 4.93. The van der Waals surface area contributed by atoms with Crippen LogP contribution < -0.4 is 19.5 Å². The number of benzene rings is 2. The summed E-state index contributed by atoms with van der Waals surface area (Å²) in [6.45, 7) is 1.02. The second-order valence-electron chi connectivity index (χ2n) is 6.93. The van der Waals surface area contributed by atoms with Crippen molar-refractivity contribution in [2.24, 2.45) is 7.05 Å². The summed E-state index contributed by atoms with van der Waals surface area (Å²) in [7, 11) is 3.53. The van der Waals surface area contributed by atoms with Gasteiger partial charge in [0.1, 0.15) is 30.8 Å². The van der Waals surface area contributed by atoms with Gasteiger partial charge in [-0.1, -0.05) is 28.1 Å². The minimum Gasteiger partial charge on any atom is -0.497 e. The SMILES string of the molecule is COc1ccc(C(NC(=O)Cc2cc3c(cc2Br)OCCO3)c2nccn2C)cc1. The van der Waals surface area contributed by atoms with Crippen molar-refractivity contribution in [2.75, 3.05) is 20.3 Å². The first-order valence-electron chi connectivity index (χ1n) is 9.53. The molecule has 1 aromatic heterocycles. The van der Waals surface area contributed by atoms with Crippen LogP contribution in [0.4, 0.5) is 0 Å². The number of carbonyl (C=O) groups excluding carboxylic acids is 1. The number of methoxy groups -OCH3 is 1. The average Bonchev–Trinajstić information content (AvgIpc) is 3.18. The Morgan fingerprint density at radius 1 is 1.23 bits per heavy atom. The maximum atomic E-state index is 13.0. The van der Waals surface area contributed by atoms with Crippen LogP contribution in [-0.2, 0) is 18.3 Å². The number of fused-ring (bicyclic) bond motifs is 1. The molecule has 0 radical (unpaired) electrons. The minimum absolute atomic E-state index is 0.129. The van der Waals surface area contributed by atoms with Crippen LogP contribution in [0.3, 0.4) is 0 Å². The molecule has 7 nitrogen and oxygen atoms in total. The fourth-order valence-electron chi connectivity index (χ4n) is 3.38. The lowest BCUT2D eigenvalue weighted by Gasteiger charge is -2.21. The molecule has 2 heterocycles. The smallest absolute Gasteiger partial charge is 0.225 e. The quantitative estimate of drug-likeness (QED) is 0.596. The van der Waals surface area contributed by atoms with Crippen LogP contribution in [0.5, 0.6) is 17.2 Å². The van der Waals surface area contributed by atoms with Crippen molar-refractivity contribution in [1.82, 2.24) is 14.9 Å². The zero-order valence-corrected chi connectivity index (χ0v) is 18.3. The van der Waals surface area contributed by atoms with Crippen molar-refractivity contribution in [2.45, 2.75) is 12.5 Å². The number of nitrogens with one attached hydrogen (secondary N) is 1. The highest BCUT2D eigenvalue weighted by Crippen LogP contribution is 2.36. The van der Waals surface area contributed by atoms with Gasteiger partial charge in [-0.25, -0.2) is 4.98 Å². The molecule has 1 N–H and O–H groups in total. The summed E-state index contributed by atoms with van der Waals surface area (Å²) in [6, 6.07) is 10.9. The van der Waals surface area contributed by atoms with E-state index in [1.807, 2.05) is 54.2 Å². The van der Waals surface area contributed by atoms with E-state index in [0.717, 1.165) is 27.2 Å². The Labute approximate surface area is 183 Å². The summed E-state index contributed by atoms with van der Waals surface area (Å²) in [5.41, 5.74) is 1.74. The van der Waals surface area contributed by atoms with Crippen molar-refractivity contribution >= 4 is 21.8 Å². The Morgan fingerprint density at radius 2 is 1.93 bits per heavy atom. The van der Waals surface area contributed by atoms with Crippen LogP contribution in [0.15, 0.2) is 53.3 Å². The average molecular weight is 472 g/mol. The first-order chi connectivity index (χ1) is 14.5. The fraction of sp³-hybridized carbons (Fsp3) is 0.273. The summed E-state index contributed by atoms with van der Waals surface area (Å²) in [5.74, 6) is 2.71. The van der Waals surface area contributed by atoms with Crippen molar-refractivity contribution in [1.29, 1.82) is 0 Å². The number of aryl methyl sites for hydroxylation is 1. The molecule has 156 valence electrons. The number of aromatic nitrogens is 2. The number of ether oxygens (including phenoxy) is 3. The van der Waals surface area contributed by atoms with Crippen LogP contribution in [0.2, 0.25) is 0 Å². The van der Waals surface area contributed by atoms with E-state index in [0.29, 0.717) is 24.7 Å². The summed E-state index contributed by atoms with van der Waals surface area (Å²) in [5, 5.41) is 3.11. The molecule has 1 aliphatic heterocycles. The summed E-state index contributed by atoms with van der Waals surface area (Å²) in [6.07, 6.45) is 3.76. The highest BCUT2D eigenvalue weighted by molar-refractivity contribution is 9.10. The van der Waals surface area contributed by atoms with Gasteiger partial charge in [-0.2, -0.15) is 0 Å². The molecule has 0 bridgehead atoms. The zero-order valence-electron chi connectivity index (χ0n) is 16.7. The van der Waals surface area contributed by atoms with Gasteiger partial charge < -0.3 is 24.1 Å². The van der Waals surface area contributed by atoms with Gasteiger partial charge in [-0.15, -0.1) is 0 Å². The van der Waals surface area contributed by atoms with E-state index in [4.69, 9.17) is 14.2 Å². The number of imidazole rings is 1. The molecule has 0 fully saturated rings. The van der Waals surface area contributed by atoms with E-state index in [2.05, 4.69) is 26.2 Å². The van der Waals surface area contributed by atoms with E-state index in [9.17, 15) is 4.79 Å². The topological polar surface area (TPSA) is 74.6 Å². The number of nitrogens with zero attached hydrogens (tertiary/aromatic N) is 2. The van der Waals surface area contributed by atoms with E-state index in [1.54, 1.807) is 13.3 Å². The predicted molar refractivity (Wildman–Crippen MR) is 115 cm³/mol. The van der Waals surface area contributed by atoms with Crippen molar-refractivity contribution < 1.29 is 19.0 Å². The lowest BCUT2D eigenvalue weighted by Crippen LogP contribution is -2.32. The van der Waals surface area contributed by atoms with Crippen LogP contribution in [-0.4, -0.2) is 35.8 Å². The van der Waals surface area contributed by atoms with Crippen molar-refractivity contribution in [3.05, 3.63) is 70.2 Å². The Bertz CT molecular complexity index is 1050. The van der Waals surface area contributed by atoms with E-state index < -0.39 is 0 Å². The number of amides is 1. The molecular weight excluding hydrogens is 450 g/mol. The molecule has 1 unspecified atom stereocenters. The standard InChI is InChI=1S/C22H22BrN3O4/c1-26-8-7-24-22(26)21(14-3-5-16(28-2)6-4-14)25-20(27)12-15-11-18-19(13-17(15)23)30-10-9-29-18/h3-8,11,13,21H,9-10,12H2,1-2H3,(H,25,27). The van der Waals surface area contributed by atoms with Crippen LogP contribution >= 0.6 is 15.9 Å². The number of hydrogen-bond donors (Lipinski definition) is 1. The molecule has 1 aliphatic rings. The zero-order chi connectivity index (χ0) is 21.1. The molecule has 2 aromatic carbocycles. The number of carbonyl (C=O) groups is 1. The minimum atomic E-state index is -0.389. The van der Waals surface area contributed by atoms with Crippen LogP contribution in [0, 0.1) is 0 Å².